The van der Waals surface area contributed by atoms with Crippen LogP contribution in [-0.2, 0) is 0 Å². The molecule has 1 heterocycles. The van der Waals surface area contributed by atoms with E-state index in [1.165, 1.54) is 12.1 Å². The molecule has 108 valence electrons. The molecule has 0 aliphatic rings. The number of hydrogen-bond acceptors (Lipinski definition) is 2. The fourth-order valence-corrected chi connectivity index (χ4v) is 2.95. The molecule has 0 fully saturated rings. The quantitative estimate of drug-likeness (QED) is 0.724. The minimum absolute atomic E-state index is 0.0713. The van der Waals surface area contributed by atoms with Crippen molar-refractivity contribution < 1.29 is 8.81 Å². The van der Waals surface area contributed by atoms with Gasteiger partial charge in [0.05, 0.1) is 6.04 Å². The van der Waals surface area contributed by atoms with Crippen LogP contribution in [0.4, 0.5) is 4.39 Å². The molecule has 1 atom stereocenters. The predicted octanol–water partition coefficient (Wildman–Crippen LogP) is 4.95. The van der Waals surface area contributed by atoms with Crippen molar-refractivity contribution in [2.45, 2.75) is 13.0 Å². The highest BCUT2D eigenvalue weighted by Gasteiger charge is 2.19. The van der Waals surface area contributed by atoms with Gasteiger partial charge in [-0.25, -0.2) is 4.39 Å². The Morgan fingerprint density at radius 1 is 1.19 bits per heavy atom. The smallest absolute Gasteiger partial charge is 0.134 e. The molecule has 0 aliphatic heterocycles. The van der Waals surface area contributed by atoms with Crippen molar-refractivity contribution in [2.24, 2.45) is 0 Å². The monoisotopic (exact) mass is 347 g/mol. The van der Waals surface area contributed by atoms with E-state index in [1.807, 2.05) is 25.2 Å². The fraction of sp³-hybridized carbons (Fsp3) is 0.176. The predicted molar refractivity (Wildman–Crippen MR) is 86.0 cm³/mol. The molecule has 1 N–H and O–H groups in total. The molecule has 3 rings (SSSR count). The molecule has 21 heavy (non-hydrogen) atoms. The van der Waals surface area contributed by atoms with Gasteiger partial charge in [-0.2, -0.15) is 0 Å². The van der Waals surface area contributed by atoms with Gasteiger partial charge in [-0.3, -0.25) is 0 Å². The van der Waals surface area contributed by atoms with E-state index < -0.39 is 0 Å². The van der Waals surface area contributed by atoms with Crippen LogP contribution in [0.3, 0.4) is 0 Å². The third-order valence-electron chi connectivity index (χ3n) is 3.69. The van der Waals surface area contributed by atoms with E-state index in [9.17, 15) is 4.39 Å². The third-order valence-corrected chi connectivity index (χ3v) is 4.55. The van der Waals surface area contributed by atoms with Gasteiger partial charge in [-0.1, -0.05) is 28.1 Å². The Kier molecular flexibility index (Phi) is 3.83. The summed E-state index contributed by atoms with van der Waals surface area (Å²) in [5.74, 6) is 0.522. The summed E-state index contributed by atoms with van der Waals surface area (Å²) in [5, 5.41) is 4.05. The maximum Gasteiger partial charge on any atom is 0.134 e. The molecule has 0 aliphatic carbocycles. The lowest BCUT2D eigenvalue weighted by Crippen LogP contribution is -2.18. The van der Waals surface area contributed by atoms with Gasteiger partial charge in [0.1, 0.15) is 17.2 Å². The van der Waals surface area contributed by atoms with Gasteiger partial charge in [0.15, 0.2) is 0 Å². The zero-order valence-corrected chi connectivity index (χ0v) is 13.4. The second-order valence-corrected chi connectivity index (χ2v) is 5.86. The molecular weight excluding hydrogens is 333 g/mol. The first kappa shape index (κ1) is 14.3. The van der Waals surface area contributed by atoms with Gasteiger partial charge in [-0.15, -0.1) is 0 Å². The van der Waals surface area contributed by atoms with Crippen LogP contribution in [0.2, 0.25) is 0 Å². The molecular formula is C17H15BrFNO. The topological polar surface area (TPSA) is 25.2 Å². The number of benzene rings is 2. The summed E-state index contributed by atoms with van der Waals surface area (Å²) in [6.45, 7) is 2.06. The molecule has 0 saturated heterocycles. The molecule has 1 unspecified atom stereocenters. The molecule has 0 saturated carbocycles. The zero-order chi connectivity index (χ0) is 15.0. The standard InChI is InChI=1S/C17H15BrFNO/c1-10-13(4-3-5-14(10)18)17(20-2)16-9-11-8-12(19)6-7-15(11)21-16/h3-9,17,20H,1-2H3. The van der Waals surface area contributed by atoms with Gasteiger partial charge in [-0.05, 0) is 55.4 Å². The molecule has 0 radical (unpaired) electrons. The first-order chi connectivity index (χ1) is 10.1. The van der Waals surface area contributed by atoms with E-state index >= 15 is 0 Å². The highest BCUT2D eigenvalue weighted by atomic mass is 79.9. The molecule has 1 aromatic heterocycles. The molecule has 0 amide bonds. The summed E-state index contributed by atoms with van der Waals surface area (Å²) in [5.41, 5.74) is 2.98. The van der Waals surface area contributed by atoms with E-state index in [4.69, 9.17) is 4.42 Å². The largest absolute Gasteiger partial charge is 0.459 e. The summed E-state index contributed by atoms with van der Waals surface area (Å²) in [6, 6.07) is 12.5. The second-order valence-electron chi connectivity index (χ2n) is 5.01. The Labute approximate surface area is 131 Å². The summed E-state index contributed by atoms with van der Waals surface area (Å²) in [6.07, 6.45) is 0. The average Bonchev–Trinajstić information content (AvgIpc) is 2.87. The van der Waals surface area contributed by atoms with E-state index in [2.05, 4.69) is 34.2 Å². The first-order valence-corrected chi connectivity index (χ1v) is 7.50. The summed E-state index contributed by atoms with van der Waals surface area (Å²) < 4.78 is 20.2. The zero-order valence-electron chi connectivity index (χ0n) is 11.8. The van der Waals surface area contributed by atoms with Crippen molar-refractivity contribution in [3.63, 3.8) is 0 Å². The number of furan rings is 1. The van der Waals surface area contributed by atoms with E-state index in [0.29, 0.717) is 5.58 Å². The number of rotatable bonds is 3. The number of halogens is 2. The minimum Gasteiger partial charge on any atom is -0.459 e. The average molecular weight is 348 g/mol. The lowest BCUT2D eigenvalue weighted by atomic mass is 9.99. The number of hydrogen-bond donors (Lipinski definition) is 1. The lowest BCUT2D eigenvalue weighted by Gasteiger charge is -2.17. The van der Waals surface area contributed by atoms with Crippen molar-refractivity contribution in [3.8, 4) is 0 Å². The van der Waals surface area contributed by atoms with Crippen LogP contribution in [0.5, 0.6) is 0 Å². The normalized spacial score (nSPS) is 12.8. The molecule has 4 heteroatoms. The highest BCUT2D eigenvalue weighted by molar-refractivity contribution is 9.10. The summed E-state index contributed by atoms with van der Waals surface area (Å²) in [4.78, 5) is 0. The Morgan fingerprint density at radius 3 is 2.76 bits per heavy atom. The van der Waals surface area contributed by atoms with Crippen LogP contribution in [-0.4, -0.2) is 7.05 Å². The first-order valence-electron chi connectivity index (χ1n) is 6.71. The van der Waals surface area contributed by atoms with Crippen LogP contribution < -0.4 is 5.32 Å². The van der Waals surface area contributed by atoms with Crippen LogP contribution >= 0.6 is 15.9 Å². The minimum atomic E-state index is -0.255. The van der Waals surface area contributed by atoms with Gasteiger partial charge >= 0.3 is 0 Å². The molecule has 3 aromatic rings. The maximum absolute atomic E-state index is 13.3. The van der Waals surface area contributed by atoms with Crippen molar-refractivity contribution in [2.75, 3.05) is 7.05 Å². The van der Waals surface area contributed by atoms with E-state index in [1.54, 1.807) is 6.07 Å². The maximum atomic E-state index is 13.3. The van der Waals surface area contributed by atoms with Crippen molar-refractivity contribution in [3.05, 3.63) is 69.6 Å². The van der Waals surface area contributed by atoms with Crippen molar-refractivity contribution in [1.82, 2.24) is 5.32 Å². The second kappa shape index (κ2) is 5.62. The molecule has 0 spiro atoms. The van der Waals surface area contributed by atoms with Crippen molar-refractivity contribution >= 4 is 26.9 Å². The highest BCUT2D eigenvalue weighted by Crippen LogP contribution is 2.32. The number of nitrogens with one attached hydrogen (secondary N) is 1. The van der Waals surface area contributed by atoms with Crippen LogP contribution in [0.1, 0.15) is 22.9 Å². The van der Waals surface area contributed by atoms with Crippen LogP contribution in [0.15, 0.2) is 51.4 Å². The summed E-state index contributed by atoms with van der Waals surface area (Å²) in [7, 11) is 1.89. The molecule has 2 nitrogen and oxygen atoms in total. The SMILES string of the molecule is CNC(c1cc2cc(F)ccc2o1)c1cccc(Br)c1C. The third kappa shape index (κ3) is 2.61. The van der Waals surface area contributed by atoms with E-state index in [0.717, 1.165) is 26.7 Å². The van der Waals surface area contributed by atoms with Crippen LogP contribution in [0.25, 0.3) is 11.0 Å². The summed E-state index contributed by atoms with van der Waals surface area (Å²) >= 11 is 3.55. The lowest BCUT2D eigenvalue weighted by molar-refractivity contribution is 0.490. The van der Waals surface area contributed by atoms with Gasteiger partial charge in [0.2, 0.25) is 0 Å². The van der Waals surface area contributed by atoms with Crippen molar-refractivity contribution in [1.29, 1.82) is 0 Å². The molecule has 0 bridgehead atoms. The Balaban J connectivity index is 2.11. The fourth-order valence-electron chi connectivity index (χ4n) is 2.56. The Morgan fingerprint density at radius 2 is 2.00 bits per heavy atom. The van der Waals surface area contributed by atoms with Gasteiger partial charge in [0.25, 0.3) is 0 Å². The molecule has 2 aromatic carbocycles. The van der Waals surface area contributed by atoms with Gasteiger partial charge in [0, 0.05) is 9.86 Å². The van der Waals surface area contributed by atoms with Gasteiger partial charge < -0.3 is 9.73 Å². The number of fused-ring (bicyclic) bond motifs is 1. The Hall–Kier alpha value is -1.65. The van der Waals surface area contributed by atoms with Crippen LogP contribution in [0, 0.1) is 12.7 Å². The van der Waals surface area contributed by atoms with E-state index in [-0.39, 0.29) is 11.9 Å². The Bertz CT molecular complexity index is 797.